The number of hydrogen-bond acceptors (Lipinski definition) is 4. The van der Waals surface area contributed by atoms with E-state index in [-0.39, 0.29) is 24.2 Å². The summed E-state index contributed by atoms with van der Waals surface area (Å²) in [5.74, 6) is -0.589. The Hall–Kier alpha value is -2.65. The van der Waals surface area contributed by atoms with E-state index >= 15 is 0 Å². The molecule has 0 aliphatic carbocycles. The van der Waals surface area contributed by atoms with Crippen molar-refractivity contribution in [3.05, 3.63) is 52.9 Å². The van der Waals surface area contributed by atoms with Gasteiger partial charge in [0.15, 0.2) is 0 Å². The van der Waals surface area contributed by atoms with Crippen molar-refractivity contribution in [2.45, 2.75) is 13.0 Å². The van der Waals surface area contributed by atoms with E-state index in [1.807, 2.05) is 36.4 Å². The third kappa shape index (κ3) is 3.41. The molecular weight excluding hydrogens is 310 g/mol. The molecule has 2 amide bonds. The number of anilines is 1. The van der Waals surface area contributed by atoms with Crippen molar-refractivity contribution in [1.82, 2.24) is 4.90 Å². The largest absolute Gasteiger partial charge is 0.338 e. The second-order valence-corrected chi connectivity index (χ2v) is 6.34. The van der Waals surface area contributed by atoms with Gasteiger partial charge in [-0.25, -0.2) is 0 Å². The number of benzene rings is 1. The van der Waals surface area contributed by atoms with Crippen LogP contribution in [0.25, 0.3) is 0 Å². The van der Waals surface area contributed by atoms with Crippen LogP contribution in [-0.2, 0) is 16.1 Å². The van der Waals surface area contributed by atoms with Crippen LogP contribution in [0.2, 0.25) is 0 Å². The SMILES string of the molecule is N#Cc1ccsc1NC(=O)[C@H]1CC(=O)N(Cc2ccccc2)C1. The van der Waals surface area contributed by atoms with Crippen molar-refractivity contribution in [3.63, 3.8) is 0 Å². The molecule has 1 saturated heterocycles. The first-order chi connectivity index (χ1) is 11.2. The minimum absolute atomic E-state index is 0.0133. The maximum atomic E-state index is 12.3. The molecular formula is C17H15N3O2S. The first-order valence-corrected chi connectivity index (χ1v) is 8.15. The second kappa shape index (κ2) is 6.63. The van der Waals surface area contributed by atoms with Gasteiger partial charge in [0, 0.05) is 19.5 Å². The molecule has 6 heteroatoms. The molecule has 1 aliphatic heterocycles. The van der Waals surface area contributed by atoms with Crippen LogP contribution < -0.4 is 5.32 Å². The predicted octanol–water partition coefficient (Wildman–Crippen LogP) is 2.61. The van der Waals surface area contributed by atoms with Gasteiger partial charge in [-0.3, -0.25) is 9.59 Å². The number of carbonyl (C=O) groups excluding carboxylic acids is 2. The predicted molar refractivity (Wildman–Crippen MR) is 87.6 cm³/mol. The highest BCUT2D eigenvalue weighted by atomic mass is 32.1. The van der Waals surface area contributed by atoms with E-state index in [0.29, 0.717) is 23.7 Å². The molecule has 1 N–H and O–H groups in total. The lowest BCUT2D eigenvalue weighted by atomic mass is 10.1. The summed E-state index contributed by atoms with van der Waals surface area (Å²) in [5, 5.41) is 14.1. The molecule has 0 saturated carbocycles. The van der Waals surface area contributed by atoms with Crippen LogP contribution in [0.1, 0.15) is 17.5 Å². The number of likely N-dealkylation sites (tertiary alicyclic amines) is 1. The van der Waals surface area contributed by atoms with E-state index in [0.717, 1.165) is 5.56 Å². The summed E-state index contributed by atoms with van der Waals surface area (Å²) in [5.41, 5.74) is 1.50. The smallest absolute Gasteiger partial charge is 0.230 e. The monoisotopic (exact) mass is 325 g/mol. The molecule has 0 bridgehead atoms. The number of nitriles is 1. The molecule has 0 spiro atoms. The number of nitrogens with one attached hydrogen (secondary N) is 1. The van der Waals surface area contributed by atoms with Crippen molar-refractivity contribution < 1.29 is 9.59 Å². The van der Waals surface area contributed by atoms with Gasteiger partial charge in [-0.2, -0.15) is 5.26 Å². The molecule has 1 atom stereocenters. The summed E-state index contributed by atoms with van der Waals surface area (Å²) in [6.45, 7) is 0.929. The molecule has 3 rings (SSSR count). The molecule has 116 valence electrons. The Morgan fingerprint density at radius 3 is 2.87 bits per heavy atom. The van der Waals surface area contributed by atoms with Crippen LogP contribution in [0, 0.1) is 17.2 Å². The standard InChI is InChI=1S/C17H15N3O2S/c18-9-13-6-7-23-17(13)19-16(22)14-8-15(21)20(11-14)10-12-4-2-1-3-5-12/h1-7,14H,8,10-11H2,(H,19,22)/t14-/m0/s1. The first-order valence-electron chi connectivity index (χ1n) is 7.27. The van der Waals surface area contributed by atoms with E-state index in [2.05, 4.69) is 5.32 Å². The molecule has 1 aliphatic rings. The summed E-state index contributed by atoms with van der Waals surface area (Å²) in [7, 11) is 0. The van der Waals surface area contributed by atoms with Crippen LogP contribution in [-0.4, -0.2) is 23.3 Å². The lowest BCUT2D eigenvalue weighted by molar-refractivity contribution is -0.128. The van der Waals surface area contributed by atoms with Gasteiger partial charge in [0.05, 0.1) is 11.5 Å². The third-order valence-electron chi connectivity index (χ3n) is 3.82. The third-order valence-corrected chi connectivity index (χ3v) is 4.65. The Balaban J connectivity index is 1.63. The number of carbonyl (C=O) groups is 2. The number of amides is 2. The minimum Gasteiger partial charge on any atom is -0.338 e. The Morgan fingerprint density at radius 1 is 1.35 bits per heavy atom. The molecule has 2 heterocycles. The number of rotatable bonds is 4. The molecule has 1 aromatic heterocycles. The average Bonchev–Trinajstić information content (AvgIpc) is 3.15. The normalized spacial score (nSPS) is 17.1. The zero-order chi connectivity index (χ0) is 16.2. The number of hydrogen-bond donors (Lipinski definition) is 1. The maximum absolute atomic E-state index is 12.3. The highest BCUT2D eigenvalue weighted by Crippen LogP contribution is 2.26. The van der Waals surface area contributed by atoms with Gasteiger partial charge >= 0.3 is 0 Å². The van der Waals surface area contributed by atoms with Gasteiger partial charge in [-0.15, -0.1) is 11.3 Å². The highest BCUT2D eigenvalue weighted by Gasteiger charge is 2.34. The fraction of sp³-hybridized carbons (Fsp3) is 0.235. The van der Waals surface area contributed by atoms with Gasteiger partial charge < -0.3 is 10.2 Å². The van der Waals surface area contributed by atoms with E-state index in [4.69, 9.17) is 5.26 Å². The average molecular weight is 325 g/mol. The molecule has 1 fully saturated rings. The van der Waals surface area contributed by atoms with Gasteiger partial charge in [0.1, 0.15) is 11.1 Å². The summed E-state index contributed by atoms with van der Waals surface area (Å²) >= 11 is 1.31. The molecule has 23 heavy (non-hydrogen) atoms. The van der Waals surface area contributed by atoms with Crippen molar-refractivity contribution in [1.29, 1.82) is 5.26 Å². The molecule has 5 nitrogen and oxygen atoms in total. The van der Waals surface area contributed by atoms with Crippen LogP contribution in [0.15, 0.2) is 41.8 Å². The highest BCUT2D eigenvalue weighted by molar-refractivity contribution is 7.14. The zero-order valence-corrected chi connectivity index (χ0v) is 13.2. The summed E-state index contributed by atoms with van der Waals surface area (Å²) < 4.78 is 0. The Bertz CT molecular complexity index is 764. The fourth-order valence-corrected chi connectivity index (χ4v) is 3.35. The zero-order valence-electron chi connectivity index (χ0n) is 12.4. The first kappa shape index (κ1) is 15.3. The van der Waals surface area contributed by atoms with Crippen molar-refractivity contribution in [3.8, 4) is 6.07 Å². The van der Waals surface area contributed by atoms with E-state index in [1.54, 1.807) is 16.3 Å². The molecule has 0 unspecified atom stereocenters. The van der Waals surface area contributed by atoms with Gasteiger partial charge in [-0.1, -0.05) is 30.3 Å². The Labute approximate surface area is 138 Å². The second-order valence-electron chi connectivity index (χ2n) is 5.43. The lowest BCUT2D eigenvalue weighted by Crippen LogP contribution is -2.28. The van der Waals surface area contributed by atoms with Crippen LogP contribution in [0.4, 0.5) is 5.00 Å². The maximum Gasteiger partial charge on any atom is 0.230 e. The molecule has 2 aromatic rings. The van der Waals surface area contributed by atoms with E-state index < -0.39 is 0 Å². The molecule has 0 radical (unpaired) electrons. The van der Waals surface area contributed by atoms with Crippen LogP contribution in [0.3, 0.4) is 0 Å². The van der Waals surface area contributed by atoms with E-state index in [1.165, 1.54) is 11.3 Å². The Morgan fingerprint density at radius 2 is 2.13 bits per heavy atom. The fourth-order valence-electron chi connectivity index (χ4n) is 2.61. The van der Waals surface area contributed by atoms with Gasteiger partial charge in [-0.05, 0) is 17.0 Å². The topological polar surface area (TPSA) is 73.2 Å². The number of nitrogens with zero attached hydrogens (tertiary/aromatic N) is 2. The summed E-state index contributed by atoms with van der Waals surface area (Å²) in [4.78, 5) is 26.2. The lowest BCUT2D eigenvalue weighted by Gasteiger charge is -2.16. The summed E-state index contributed by atoms with van der Waals surface area (Å²) in [6, 6.07) is 13.4. The van der Waals surface area contributed by atoms with Gasteiger partial charge in [0.25, 0.3) is 0 Å². The van der Waals surface area contributed by atoms with Crippen LogP contribution >= 0.6 is 11.3 Å². The molecule has 1 aromatic carbocycles. The quantitative estimate of drug-likeness (QED) is 0.939. The van der Waals surface area contributed by atoms with Crippen molar-refractivity contribution in [2.24, 2.45) is 5.92 Å². The van der Waals surface area contributed by atoms with Gasteiger partial charge in [0.2, 0.25) is 11.8 Å². The summed E-state index contributed by atoms with van der Waals surface area (Å²) in [6.07, 6.45) is 0.214. The minimum atomic E-state index is -0.375. The number of thiophene rings is 1. The van der Waals surface area contributed by atoms with Crippen molar-refractivity contribution in [2.75, 3.05) is 11.9 Å². The van der Waals surface area contributed by atoms with Crippen LogP contribution in [0.5, 0.6) is 0 Å². The van der Waals surface area contributed by atoms with Crippen molar-refractivity contribution >= 4 is 28.2 Å². The van der Waals surface area contributed by atoms with E-state index in [9.17, 15) is 9.59 Å². The Kier molecular flexibility index (Phi) is 4.40.